The molecular formula is C21H21N3O2. The van der Waals surface area contributed by atoms with Crippen LogP contribution in [-0.4, -0.2) is 34.8 Å². The highest BCUT2D eigenvalue weighted by atomic mass is 16.2. The van der Waals surface area contributed by atoms with Crippen molar-refractivity contribution >= 4 is 22.7 Å². The third kappa shape index (κ3) is 3.20. The van der Waals surface area contributed by atoms with Crippen molar-refractivity contribution in [3.8, 4) is 0 Å². The second-order valence-corrected chi connectivity index (χ2v) is 6.60. The molecule has 5 heteroatoms. The van der Waals surface area contributed by atoms with Gasteiger partial charge >= 0.3 is 0 Å². The molecule has 2 N–H and O–H groups in total. The predicted octanol–water partition coefficient (Wildman–Crippen LogP) is 2.80. The Kier molecular flexibility index (Phi) is 4.44. The number of rotatable bonds is 3. The minimum absolute atomic E-state index is 0.0127. The van der Waals surface area contributed by atoms with Crippen molar-refractivity contribution in [3.05, 3.63) is 71.9 Å². The lowest BCUT2D eigenvalue weighted by Crippen LogP contribution is -2.37. The minimum Gasteiger partial charge on any atom is -0.361 e. The molecule has 2 aromatic carbocycles. The van der Waals surface area contributed by atoms with E-state index in [4.69, 9.17) is 0 Å². The van der Waals surface area contributed by atoms with E-state index in [0.29, 0.717) is 25.9 Å². The van der Waals surface area contributed by atoms with Crippen LogP contribution in [0.5, 0.6) is 0 Å². The van der Waals surface area contributed by atoms with E-state index in [1.54, 1.807) is 0 Å². The van der Waals surface area contributed by atoms with Gasteiger partial charge in [0.25, 0.3) is 0 Å². The molecule has 1 aliphatic heterocycles. The molecule has 0 spiro atoms. The van der Waals surface area contributed by atoms with Crippen LogP contribution in [0.2, 0.25) is 0 Å². The molecule has 26 heavy (non-hydrogen) atoms. The van der Waals surface area contributed by atoms with Crippen molar-refractivity contribution in [1.29, 1.82) is 0 Å². The van der Waals surface area contributed by atoms with Gasteiger partial charge in [0.05, 0.1) is 18.9 Å². The zero-order valence-electron chi connectivity index (χ0n) is 14.4. The second kappa shape index (κ2) is 7.04. The van der Waals surface area contributed by atoms with Crippen molar-refractivity contribution in [2.24, 2.45) is 0 Å². The topological polar surface area (TPSA) is 65.2 Å². The number of amides is 2. The van der Waals surface area contributed by atoms with Crippen LogP contribution in [0.3, 0.4) is 0 Å². The van der Waals surface area contributed by atoms with E-state index < -0.39 is 0 Å². The van der Waals surface area contributed by atoms with Crippen LogP contribution in [0.25, 0.3) is 10.9 Å². The van der Waals surface area contributed by atoms with E-state index in [1.165, 1.54) is 0 Å². The summed E-state index contributed by atoms with van der Waals surface area (Å²) >= 11 is 0. The Bertz CT molecular complexity index is 933. The maximum atomic E-state index is 13.1. The monoisotopic (exact) mass is 347 g/mol. The first-order valence-corrected chi connectivity index (χ1v) is 8.88. The van der Waals surface area contributed by atoms with Crippen LogP contribution in [0.1, 0.15) is 23.6 Å². The summed E-state index contributed by atoms with van der Waals surface area (Å²) in [5, 5.41) is 3.95. The second-order valence-electron chi connectivity index (χ2n) is 6.60. The maximum Gasteiger partial charge on any atom is 0.227 e. The highest BCUT2D eigenvalue weighted by molar-refractivity contribution is 5.89. The molecule has 1 atom stereocenters. The summed E-state index contributed by atoms with van der Waals surface area (Å²) in [6.07, 6.45) is 2.52. The summed E-state index contributed by atoms with van der Waals surface area (Å²) in [4.78, 5) is 30.3. The minimum atomic E-state index is -0.226. The van der Waals surface area contributed by atoms with E-state index >= 15 is 0 Å². The molecule has 2 amide bonds. The quantitative estimate of drug-likeness (QED) is 0.765. The molecule has 1 aliphatic rings. The van der Waals surface area contributed by atoms with Crippen LogP contribution in [0.4, 0.5) is 0 Å². The fourth-order valence-corrected chi connectivity index (χ4v) is 3.64. The number of nitrogens with zero attached hydrogens (tertiary/aromatic N) is 1. The number of hydrogen-bond donors (Lipinski definition) is 2. The molecule has 5 nitrogen and oxygen atoms in total. The first kappa shape index (κ1) is 16.4. The molecule has 1 fully saturated rings. The number of H-pyrrole nitrogens is 1. The van der Waals surface area contributed by atoms with Gasteiger partial charge < -0.3 is 15.2 Å². The van der Waals surface area contributed by atoms with Crippen LogP contribution in [-0.2, 0) is 16.0 Å². The highest BCUT2D eigenvalue weighted by Gasteiger charge is 2.29. The van der Waals surface area contributed by atoms with E-state index in [9.17, 15) is 9.59 Å². The Morgan fingerprint density at radius 1 is 1.08 bits per heavy atom. The van der Waals surface area contributed by atoms with Crippen molar-refractivity contribution in [2.45, 2.75) is 18.9 Å². The van der Waals surface area contributed by atoms with Gasteiger partial charge in [-0.25, -0.2) is 0 Å². The van der Waals surface area contributed by atoms with Crippen LogP contribution in [0, 0.1) is 0 Å². The standard InChI is InChI=1S/C21H21N3O2/c25-20-13-19(15-6-2-1-3-7-15)24(11-10-22-20)21(26)12-16-14-23-18-9-5-4-8-17(16)18/h1-9,14,19,23H,10-13H2,(H,22,25)/t19-/m0/s1. The summed E-state index contributed by atoms with van der Waals surface area (Å²) in [5.41, 5.74) is 3.01. The smallest absolute Gasteiger partial charge is 0.227 e. The zero-order chi connectivity index (χ0) is 17.9. The Morgan fingerprint density at radius 2 is 1.85 bits per heavy atom. The van der Waals surface area contributed by atoms with Gasteiger partial charge in [0.15, 0.2) is 0 Å². The molecule has 4 rings (SSSR count). The summed E-state index contributed by atoms with van der Waals surface area (Å²) in [6, 6.07) is 17.6. The molecule has 1 aromatic heterocycles. The number of hydrogen-bond acceptors (Lipinski definition) is 2. The first-order chi connectivity index (χ1) is 12.7. The number of aromatic nitrogens is 1. The number of aromatic amines is 1. The molecule has 0 radical (unpaired) electrons. The fraction of sp³-hybridized carbons (Fsp3) is 0.238. The van der Waals surface area contributed by atoms with Crippen molar-refractivity contribution in [2.75, 3.05) is 13.1 Å². The molecule has 3 aromatic rings. The predicted molar refractivity (Wildman–Crippen MR) is 101 cm³/mol. The molecule has 132 valence electrons. The summed E-state index contributed by atoms with van der Waals surface area (Å²) < 4.78 is 0. The number of benzene rings is 2. The average molecular weight is 347 g/mol. The van der Waals surface area contributed by atoms with Gasteiger partial charge in [-0.2, -0.15) is 0 Å². The number of para-hydroxylation sites is 1. The van der Waals surface area contributed by atoms with Gasteiger partial charge in [0.1, 0.15) is 0 Å². The number of nitrogens with one attached hydrogen (secondary N) is 2. The van der Waals surface area contributed by atoms with Crippen LogP contribution in [0.15, 0.2) is 60.8 Å². The van der Waals surface area contributed by atoms with E-state index in [2.05, 4.69) is 10.3 Å². The Balaban J connectivity index is 1.62. The molecule has 2 heterocycles. The third-order valence-corrected chi connectivity index (χ3v) is 4.95. The number of carbonyl (C=O) groups excluding carboxylic acids is 2. The zero-order valence-corrected chi connectivity index (χ0v) is 14.4. The Morgan fingerprint density at radius 3 is 2.69 bits per heavy atom. The molecular weight excluding hydrogens is 326 g/mol. The summed E-state index contributed by atoms with van der Waals surface area (Å²) in [6.45, 7) is 1.01. The van der Waals surface area contributed by atoms with E-state index in [-0.39, 0.29) is 17.9 Å². The normalized spacial score (nSPS) is 17.8. The van der Waals surface area contributed by atoms with E-state index in [0.717, 1.165) is 22.0 Å². The van der Waals surface area contributed by atoms with Gasteiger partial charge in [-0.05, 0) is 17.2 Å². The highest BCUT2D eigenvalue weighted by Crippen LogP contribution is 2.27. The Hall–Kier alpha value is -3.08. The first-order valence-electron chi connectivity index (χ1n) is 8.88. The van der Waals surface area contributed by atoms with Crippen molar-refractivity contribution < 1.29 is 9.59 Å². The number of carbonyl (C=O) groups is 2. The van der Waals surface area contributed by atoms with Gasteiger partial charge in [-0.15, -0.1) is 0 Å². The summed E-state index contributed by atoms with van der Waals surface area (Å²) in [5.74, 6) is 0.0290. The molecule has 1 saturated heterocycles. The largest absolute Gasteiger partial charge is 0.361 e. The third-order valence-electron chi connectivity index (χ3n) is 4.95. The lowest BCUT2D eigenvalue weighted by Gasteiger charge is -2.29. The van der Waals surface area contributed by atoms with Gasteiger partial charge in [-0.3, -0.25) is 9.59 Å². The van der Waals surface area contributed by atoms with Gasteiger partial charge in [0, 0.05) is 30.2 Å². The van der Waals surface area contributed by atoms with Gasteiger partial charge in [-0.1, -0.05) is 48.5 Å². The van der Waals surface area contributed by atoms with E-state index in [1.807, 2.05) is 65.7 Å². The Labute approximate surface area is 152 Å². The SMILES string of the molecule is O=C1C[C@@H](c2ccccc2)N(C(=O)Cc2c[nH]c3ccccc23)CCN1. The van der Waals surface area contributed by atoms with Crippen LogP contribution >= 0.6 is 0 Å². The molecule has 0 saturated carbocycles. The van der Waals surface area contributed by atoms with Crippen LogP contribution < -0.4 is 5.32 Å². The number of fused-ring (bicyclic) bond motifs is 1. The van der Waals surface area contributed by atoms with Crippen molar-refractivity contribution in [1.82, 2.24) is 15.2 Å². The molecule has 0 unspecified atom stereocenters. The molecule has 0 aliphatic carbocycles. The summed E-state index contributed by atoms with van der Waals surface area (Å²) in [7, 11) is 0. The fourth-order valence-electron chi connectivity index (χ4n) is 3.64. The average Bonchev–Trinajstić information content (AvgIpc) is 2.96. The lowest BCUT2D eigenvalue weighted by atomic mass is 10.0. The molecule has 0 bridgehead atoms. The lowest BCUT2D eigenvalue weighted by molar-refractivity contribution is -0.133. The van der Waals surface area contributed by atoms with Gasteiger partial charge in [0.2, 0.25) is 11.8 Å². The van der Waals surface area contributed by atoms with Crippen molar-refractivity contribution in [3.63, 3.8) is 0 Å². The maximum absolute atomic E-state index is 13.1.